The Labute approximate surface area is 51.1 Å². The van der Waals surface area contributed by atoms with Gasteiger partial charge in [0.2, 0.25) is 0 Å². The molecule has 1 nitrogen and oxygen atoms in total. The summed E-state index contributed by atoms with van der Waals surface area (Å²) >= 11 is 0. The van der Waals surface area contributed by atoms with Crippen molar-refractivity contribution >= 4 is 6.21 Å². The van der Waals surface area contributed by atoms with Crippen LogP contribution >= 0.6 is 0 Å². The van der Waals surface area contributed by atoms with E-state index in [1.165, 1.54) is 0 Å². The minimum absolute atomic E-state index is 0.997. The third-order valence-electron chi connectivity index (χ3n) is 0.655. The van der Waals surface area contributed by atoms with Gasteiger partial charge in [-0.05, 0) is 12.8 Å². The molecule has 45 valence electrons. The van der Waals surface area contributed by atoms with Crippen LogP contribution in [0.15, 0.2) is 17.3 Å². The molecular weight excluding hydrogens is 98.1 g/mol. The zero-order chi connectivity index (χ0) is 6.24. The minimum atomic E-state index is 0.997. The first kappa shape index (κ1) is 7.41. The largest absolute Gasteiger partial charge is 0.269 e. The predicted molar refractivity (Wildman–Crippen MR) is 37.9 cm³/mol. The van der Waals surface area contributed by atoms with Crippen molar-refractivity contribution in [3.63, 3.8) is 0 Å². The van der Waals surface area contributed by atoms with Crippen LogP contribution < -0.4 is 0 Å². The fourth-order valence-corrected chi connectivity index (χ4v) is 0.372. The van der Waals surface area contributed by atoms with Crippen molar-refractivity contribution < 1.29 is 0 Å². The van der Waals surface area contributed by atoms with Crippen LogP contribution in [0.2, 0.25) is 0 Å². The van der Waals surface area contributed by atoms with Crippen molar-refractivity contribution in [1.82, 2.24) is 0 Å². The molecule has 0 atom stereocenters. The van der Waals surface area contributed by atoms with Crippen LogP contribution in [0.3, 0.4) is 0 Å². The number of allylic oxidation sites excluding steroid dienone is 1. The van der Waals surface area contributed by atoms with Crippen LogP contribution in [0.25, 0.3) is 0 Å². The maximum Gasteiger partial charge on any atom is 0.0227 e. The van der Waals surface area contributed by atoms with Gasteiger partial charge < -0.3 is 0 Å². The Balaban J connectivity index is 0.000000222. The molecule has 8 heavy (non-hydrogen) atoms. The summed E-state index contributed by atoms with van der Waals surface area (Å²) < 4.78 is 0. The van der Waals surface area contributed by atoms with Crippen LogP contribution in [0, 0.1) is 6.42 Å². The molecule has 0 aliphatic carbocycles. The van der Waals surface area contributed by atoms with Gasteiger partial charge in [0.1, 0.15) is 0 Å². The summed E-state index contributed by atoms with van der Waals surface area (Å²) in [6.07, 6.45) is 8.66. The summed E-state index contributed by atoms with van der Waals surface area (Å²) in [4.78, 5) is 3.84. The molecule has 1 rings (SSSR count). The topological polar surface area (TPSA) is 12.4 Å². The average molecular weight is 110 g/mol. The number of hydrogen-bond donors (Lipinski definition) is 0. The van der Waals surface area contributed by atoms with Crippen molar-refractivity contribution in [2.24, 2.45) is 4.99 Å². The van der Waals surface area contributed by atoms with E-state index >= 15 is 0 Å². The summed E-state index contributed by atoms with van der Waals surface area (Å²) in [6, 6.07) is 0. The van der Waals surface area contributed by atoms with Gasteiger partial charge in [-0.25, -0.2) is 0 Å². The lowest BCUT2D eigenvalue weighted by atomic mass is 10.3. The van der Waals surface area contributed by atoms with Crippen molar-refractivity contribution in [2.45, 2.75) is 20.3 Å². The Morgan fingerprint density at radius 1 is 1.38 bits per heavy atom. The molecular formula is C7H12N. The molecule has 0 bridgehead atoms. The van der Waals surface area contributed by atoms with Crippen molar-refractivity contribution in [2.75, 3.05) is 0 Å². The fourth-order valence-electron chi connectivity index (χ4n) is 0.372. The van der Waals surface area contributed by atoms with Crippen molar-refractivity contribution in [3.8, 4) is 0 Å². The smallest absolute Gasteiger partial charge is 0.0227 e. The van der Waals surface area contributed by atoms with Gasteiger partial charge in [-0.2, -0.15) is 0 Å². The molecule has 0 aromatic heterocycles. The lowest BCUT2D eigenvalue weighted by Gasteiger charge is -1.87. The van der Waals surface area contributed by atoms with E-state index in [9.17, 15) is 0 Å². The minimum Gasteiger partial charge on any atom is -0.269 e. The average Bonchev–Trinajstić information content (AvgIpc) is 1.96. The van der Waals surface area contributed by atoms with Gasteiger partial charge in [0, 0.05) is 12.4 Å². The second-order valence-electron chi connectivity index (χ2n) is 1.14. The molecule has 1 heterocycles. The molecule has 0 N–H and O–H groups in total. The molecule has 1 radical (unpaired) electrons. The summed E-state index contributed by atoms with van der Waals surface area (Å²) in [5.41, 5.74) is 0. The van der Waals surface area contributed by atoms with E-state index in [1.54, 1.807) is 6.20 Å². The van der Waals surface area contributed by atoms with Crippen LogP contribution in [-0.4, -0.2) is 6.21 Å². The number of hydrogen-bond acceptors (Lipinski definition) is 1. The highest BCUT2D eigenvalue weighted by Gasteiger charge is 1.79. The Kier molecular flexibility index (Phi) is 5.94. The van der Waals surface area contributed by atoms with Crippen LogP contribution in [0.1, 0.15) is 20.3 Å². The Hall–Kier alpha value is -0.590. The van der Waals surface area contributed by atoms with E-state index in [0.717, 1.165) is 6.42 Å². The van der Waals surface area contributed by atoms with Crippen LogP contribution in [0.5, 0.6) is 0 Å². The molecule has 0 fully saturated rings. The quantitative estimate of drug-likeness (QED) is 0.453. The summed E-state index contributed by atoms with van der Waals surface area (Å²) in [5.74, 6) is 0. The molecule has 0 spiro atoms. The maximum atomic E-state index is 3.84. The van der Waals surface area contributed by atoms with Crippen LogP contribution in [-0.2, 0) is 0 Å². The van der Waals surface area contributed by atoms with E-state index in [1.807, 2.05) is 26.1 Å². The van der Waals surface area contributed by atoms with E-state index in [-0.39, 0.29) is 0 Å². The number of rotatable bonds is 0. The Bertz CT molecular complexity index is 70.4. The van der Waals surface area contributed by atoms with Crippen molar-refractivity contribution in [3.05, 3.63) is 18.7 Å². The van der Waals surface area contributed by atoms with E-state index in [2.05, 4.69) is 11.4 Å². The van der Waals surface area contributed by atoms with Crippen molar-refractivity contribution in [1.29, 1.82) is 0 Å². The first-order chi connectivity index (χ1) is 4.00. The highest BCUT2D eigenvalue weighted by Crippen LogP contribution is 1.91. The van der Waals surface area contributed by atoms with Gasteiger partial charge in [-0.3, -0.25) is 4.99 Å². The highest BCUT2D eigenvalue weighted by molar-refractivity contribution is 5.61. The second-order valence-corrected chi connectivity index (χ2v) is 1.14. The van der Waals surface area contributed by atoms with Gasteiger partial charge in [0.25, 0.3) is 0 Å². The van der Waals surface area contributed by atoms with E-state index in [4.69, 9.17) is 0 Å². The first-order valence-corrected chi connectivity index (χ1v) is 3.00. The molecule has 0 aromatic carbocycles. The van der Waals surface area contributed by atoms with Gasteiger partial charge >= 0.3 is 0 Å². The summed E-state index contributed by atoms with van der Waals surface area (Å²) in [7, 11) is 0. The Morgan fingerprint density at radius 3 is 2.25 bits per heavy atom. The molecule has 0 amide bonds. The van der Waals surface area contributed by atoms with Gasteiger partial charge in [0.05, 0.1) is 0 Å². The molecule has 1 aliphatic heterocycles. The van der Waals surface area contributed by atoms with Gasteiger partial charge in [0.15, 0.2) is 0 Å². The standard InChI is InChI=1S/C5H6N.C2H6/c1-2-4-6-5-3-1;1-2/h1-2,4-5H,3H2;1-2H3. The predicted octanol–water partition coefficient (Wildman–Crippen LogP) is 2.21. The van der Waals surface area contributed by atoms with E-state index in [0.29, 0.717) is 0 Å². The second kappa shape index (κ2) is 6.41. The normalized spacial score (nSPS) is 14.8. The van der Waals surface area contributed by atoms with Gasteiger partial charge in [-0.15, -0.1) is 0 Å². The Morgan fingerprint density at radius 2 is 2.12 bits per heavy atom. The zero-order valence-corrected chi connectivity index (χ0v) is 5.46. The number of aliphatic imine (C=N–C) groups is 1. The first-order valence-electron chi connectivity index (χ1n) is 3.00. The maximum absolute atomic E-state index is 3.84. The third-order valence-corrected chi connectivity index (χ3v) is 0.655. The third kappa shape index (κ3) is 3.59. The fraction of sp³-hybridized carbons (Fsp3) is 0.429. The SMILES string of the molecule is CC.[CH]1C=CN=CC1. The number of nitrogens with zero attached hydrogens (tertiary/aromatic N) is 1. The molecule has 0 saturated heterocycles. The van der Waals surface area contributed by atoms with E-state index < -0.39 is 0 Å². The monoisotopic (exact) mass is 110 g/mol. The molecule has 0 saturated carbocycles. The lowest BCUT2D eigenvalue weighted by molar-refractivity contribution is 1.32. The van der Waals surface area contributed by atoms with Gasteiger partial charge in [-0.1, -0.05) is 19.9 Å². The highest BCUT2D eigenvalue weighted by atomic mass is 14.7. The summed E-state index contributed by atoms with van der Waals surface area (Å²) in [6.45, 7) is 4.00. The molecule has 0 unspecified atom stereocenters. The molecule has 1 heteroatoms. The molecule has 1 aliphatic rings. The summed E-state index contributed by atoms with van der Waals surface area (Å²) in [5, 5.41) is 0. The molecule has 0 aromatic rings. The van der Waals surface area contributed by atoms with Crippen LogP contribution in [0.4, 0.5) is 0 Å². The lowest BCUT2D eigenvalue weighted by Crippen LogP contribution is -1.77. The zero-order valence-electron chi connectivity index (χ0n) is 5.46.